The molecule has 2 aromatic rings. The average Bonchev–Trinajstić information content (AvgIpc) is 2.68. The summed E-state index contributed by atoms with van der Waals surface area (Å²) in [5, 5.41) is 2.93. The van der Waals surface area contributed by atoms with Crippen molar-refractivity contribution < 1.29 is 14.0 Å². The lowest BCUT2D eigenvalue weighted by Gasteiger charge is -2.30. The molecule has 1 N–H and O–H groups in total. The summed E-state index contributed by atoms with van der Waals surface area (Å²) in [6, 6.07) is 13.2. The van der Waals surface area contributed by atoms with Gasteiger partial charge in [0.25, 0.3) is 0 Å². The number of anilines is 2. The number of carbonyl (C=O) groups excluding carboxylic acids is 2. The zero-order valence-electron chi connectivity index (χ0n) is 14.7. The summed E-state index contributed by atoms with van der Waals surface area (Å²) in [5.41, 5.74) is 2.24. The van der Waals surface area contributed by atoms with Gasteiger partial charge in [0.2, 0.25) is 5.91 Å². The lowest BCUT2D eigenvalue weighted by molar-refractivity contribution is -0.116. The van der Waals surface area contributed by atoms with Gasteiger partial charge in [0.05, 0.1) is 11.4 Å². The monoisotopic (exact) mass is 354 g/mol. The van der Waals surface area contributed by atoms with Crippen molar-refractivity contribution in [2.45, 2.75) is 32.1 Å². The second-order valence-corrected chi connectivity index (χ2v) is 6.54. The van der Waals surface area contributed by atoms with Crippen molar-refractivity contribution in [3.05, 3.63) is 59.9 Å². The van der Waals surface area contributed by atoms with E-state index < -0.39 is 0 Å². The van der Waals surface area contributed by atoms with Crippen molar-refractivity contribution in [3.63, 3.8) is 0 Å². The van der Waals surface area contributed by atoms with E-state index in [1.165, 1.54) is 30.7 Å². The quantitative estimate of drug-likeness (QED) is 0.782. The smallest absolute Gasteiger partial charge is 0.224 e. The van der Waals surface area contributed by atoms with Crippen LogP contribution in [0.4, 0.5) is 15.8 Å². The number of amides is 1. The maximum atomic E-state index is 12.9. The molecule has 1 saturated heterocycles. The van der Waals surface area contributed by atoms with E-state index >= 15 is 0 Å². The second-order valence-electron chi connectivity index (χ2n) is 6.54. The van der Waals surface area contributed by atoms with Gasteiger partial charge >= 0.3 is 0 Å². The largest absolute Gasteiger partial charge is 0.370 e. The number of rotatable bonds is 6. The van der Waals surface area contributed by atoms with Gasteiger partial charge in [-0.25, -0.2) is 4.39 Å². The number of carbonyl (C=O) groups is 2. The zero-order chi connectivity index (χ0) is 18.4. The highest BCUT2D eigenvalue weighted by molar-refractivity contribution is 6.00. The molecule has 0 unspecified atom stereocenters. The number of hydrogen-bond acceptors (Lipinski definition) is 3. The van der Waals surface area contributed by atoms with Gasteiger partial charge in [-0.1, -0.05) is 12.1 Å². The van der Waals surface area contributed by atoms with E-state index in [4.69, 9.17) is 0 Å². The van der Waals surface area contributed by atoms with Crippen LogP contribution in [-0.2, 0) is 4.79 Å². The topological polar surface area (TPSA) is 49.4 Å². The first-order chi connectivity index (χ1) is 12.6. The minimum atomic E-state index is -0.381. The van der Waals surface area contributed by atoms with Gasteiger partial charge in [0.15, 0.2) is 5.78 Å². The molecule has 5 heteroatoms. The summed E-state index contributed by atoms with van der Waals surface area (Å²) in [7, 11) is 0. The van der Waals surface area contributed by atoms with Gasteiger partial charge in [0.1, 0.15) is 5.82 Å². The third-order valence-corrected chi connectivity index (χ3v) is 4.62. The highest BCUT2D eigenvalue weighted by Crippen LogP contribution is 2.28. The highest BCUT2D eigenvalue weighted by Gasteiger charge is 2.16. The summed E-state index contributed by atoms with van der Waals surface area (Å²) >= 11 is 0. The molecule has 0 radical (unpaired) electrons. The Hall–Kier alpha value is -2.69. The van der Waals surface area contributed by atoms with Gasteiger partial charge in [0, 0.05) is 31.5 Å². The van der Waals surface area contributed by atoms with Crippen LogP contribution in [0.3, 0.4) is 0 Å². The third-order valence-electron chi connectivity index (χ3n) is 4.62. The number of Topliss-reactive ketones (excluding diaryl/α,β-unsaturated/α-hetero) is 1. The number of benzene rings is 2. The van der Waals surface area contributed by atoms with E-state index in [0.717, 1.165) is 37.3 Å². The lowest BCUT2D eigenvalue weighted by atomic mass is 10.1. The number of ketones is 1. The molecule has 2 aromatic carbocycles. The molecule has 1 aliphatic rings. The normalized spacial score (nSPS) is 14.1. The van der Waals surface area contributed by atoms with Crippen LogP contribution in [0.25, 0.3) is 0 Å². The maximum Gasteiger partial charge on any atom is 0.224 e. The van der Waals surface area contributed by atoms with Crippen LogP contribution in [0.5, 0.6) is 0 Å². The molecular formula is C21H23FN2O2. The number of nitrogens with one attached hydrogen (secondary N) is 1. The lowest BCUT2D eigenvalue weighted by Crippen LogP contribution is -2.30. The first kappa shape index (κ1) is 18.1. The Morgan fingerprint density at radius 2 is 1.62 bits per heavy atom. The van der Waals surface area contributed by atoms with Crippen molar-refractivity contribution in [1.29, 1.82) is 0 Å². The molecule has 1 aliphatic heterocycles. The van der Waals surface area contributed by atoms with Gasteiger partial charge in [-0.3, -0.25) is 9.59 Å². The van der Waals surface area contributed by atoms with E-state index in [1.807, 2.05) is 24.3 Å². The molecule has 136 valence electrons. The van der Waals surface area contributed by atoms with Crippen molar-refractivity contribution in [2.75, 3.05) is 23.3 Å². The minimum absolute atomic E-state index is 0.101. The Labute approximate surface area is 153 Å². The van der Waals surface area contributed by atoms with Crippen molar-refractivity contribution in [3.8, 4) is 0 Å². The predicted octanol–water partition coefficient (Wildman–Crippen LogP) is 4.42. The van der Waals surface area contributed by atoms with E-state index in [0.29, 0.717) is 5.56 Å². The summed E-state index contributed by atoms with van der Waals surface area (Å²) in [4.78, 5) is 26.7. The fourth-order valence-electron chi connectivity index (χ4n) is 3.21. The average molecular weight is 354 g/mol. The molecule has 4 nitrogen and oxygen atoms in total. The molecule has 1 heterocycles. The van der Waals surface area contributed by atoms with Gasteiger partial charge < -0.3 is 10.2 Å². The Morgan fingerprint density at radius 1 is 0.923 bits per heavy atom. The fraction of sp³-hybridized carbons (Fsp3) is 0.333. The van der Waals surface area contributed by atoms with E-state index in [9.17, 15) is 14.0 Å². The van der Waals surface area contributed by atoms with Gasteiger partial charge in [-0.05, 0) is 55.7 Å². The SMILES string of the molecule is O=C(CCC(=O)c1ccc(F)cc1)Nc1ccccc1N1CCCCC1. The first-order valence-corrected chi connectivity index (χ1v) is 9.06. The molecule has 3 rings (SSSR count). The molecule has 0 atom stereocenters. The van der Waals surface area contributed by atoms with Crippen molar-refractivity contribution in [1.82, 2.24) is 0 Å². The van der Waals surface area contributed by atoms with Gasteiger partial charge in [-0.15, -0.1) is 0 Å². The molecule has 0 spiro atoms. The Bertz CT molecular complexity index is 768. The van der Waals surface area contributed by atoms with Crippen LogP contribution in [0.1, 0.15) is 42.5 Å². The summed E-state index contributed by atoms with van der Waals surface area (Å²) in [6.45, 7) is 1.99. The van der Waals surface area contributed by atoms with Crippen molar-refractivity contribution >= 4 is 23.1 Å². The molecule has 0 aromatic heterocycles. The Morgan fingerprint density at radius 3 is 2.35 bits per heavy atom. The number of para-hydroxylation sites is 2. The molecular weight excluding hydrogens is 331 g/mol. The standard InChI is InChI=1S/C21H23FN2O2/c22-17-10-8-16(9-11-17)20(25)12-13-21(26)23-18-6-2-3-7-19(18)24-14-4-1-5-15-24/h2-3,6-11H,1,4-5,12-15H2,(H,23,26). The third kappa shape index (κ3) is 4.69. The number of halogens is 1. The number of piperidine rings is 1. The predicted molar refractivity (Wildman–Crippen MR) is 101 cm³/mol. The molecule has 0 aliphatic carbocycles. The summed E-state index contributed by atoms with van der Waals surface area (Å²) < 4.78 is 12.9. The maximum absolute atomic E-state index is 12.9. The molecule has 0 bridgehead atoms. The number of nitrogens with zero attached hydrogens (tertiary/aromatic N) is 1. The van der Waals surface area contributed by atoms with E-state index in [2.05, 4.69) is 10.2 Å². The van der Waals surface area contributed by atoms with Crippen LogP contribution >= 0.6 is 0 Å². The van der Waals surface area contributed by atoms with Gasteiger partial charge in [-0.2, -0.15) is 0 Å². The second kappa shape index (κ2) is 8.61. The van der Waals surface area contributed by atoms with Crippen LogP contribution in [0, 0.1) is 5.82 Å². The van der Waals surface area contributed by atoms with Crippen LogP contribution < -0.4 is 10.2 Å². The first-order valence-electron chi connectivity index (χ1n) is 9.06. The summed E-state index contributed by atoms with van der Waals surface area (Å²) in [6.07, 6.45) is 3.77. The molecule has 26 heavy (non-hydrogen) atoms. The van der Waals surface area contributed by atoms with Crippen molar-refractivity contribution in [2.24, 2.45) is 0 Å². The highest BCUT2D eigenvalue weighted by atomic mass is 19.1. The Kier molecular flexibility index (Phi) is 6.00. The molecule has 1 fully saturated rings. The molecule has 1 amide bonds. The Balaban J connectivity index is 1.58. The van der Waals surface area contributed by atoms with E-state index in [1.54, 1.807) is 0 Å². The van der Waals surface area contributed by atoms with E-state index in [-0.39, 0.29) is 30.3 Å². The number of hydrogen-bond donors (Lipinski definition) is 1. The molecule has 0 saturated carbocycles. The summed E-state index contributed by atoms with van der Waals surface area (Å²) in [5.74, 6) is -0.733. The minimum Gasteiger partial charge on any atom is -0.370 e. The fourth-order valence-corrected chi connectivity index (χ4v) is 3.21. The zero-order valence-corrected chi connectivity index (χ0v) is 14.7. The van der Waals surface area contributed by atoms with Crippen LogP contribution in [0.15, 0.2) is 48.5 Å². The van der Waals surface area contributed by atoms with Crippen LogP contribution in [0.2, 0.25) is 0 Å². The van der Waals surface area contributed by atoms with Crippen LogP contribution in [-0.4, -0.2) is 24.8 Å².